The maximum Gasteiger partial charge on any atom is 0.335 e. The van der Waals surface area contributed by atoms with Crippen molar-refractivity contribution in [1.82, 2.24) is 15.0 Å². The van der Waals surface area contributed by atoms with Crippen LogP contribution in [0.5, 0.6) is 23.5 Å². The third-order valence-electron chi connectivity index (χ3n) is 4.69. The molecule has 0 bridgehead atoms. The van der Waals surface area contributed by atoms with Crippen molar-refractivity contribution in [3.05, 3.63) is 90.0 Å². The number of nitrogens with zero attached hydrogens (tertiary/aromatic N) is 3. The Bertz CT molecular complexity index is 1260. The lowest BCUT2D eigenvalue weighted by Gasteiger charge is -2.11. The molecular weight excluding hydrogens is 432 g/mol. The Hall–Kier alpha value is -4.46. The lowest BCUT2D eigenvalue weighted by Crippen LogP contribution is -2.04. The minimum atomic E-state index is -1.03. The molecule has 0 aliphatic heterocycles. The van der Waals surface area contributed by atoms with E-state index in [0.717, 1.165) is 6.42 Å². The van der Waals surface area contributed by atoms with E-state index in [0.29, 0.717) is 23.1 Å². The molecule has 0 radical (unpaired) electrons. The Morgan fingerprint density at radius 3 is 2.12 bits per heavy atom. The van der Waals surface area contributed by atoms with Crippen LogP contribution in [-0.2, 0) is 6.42 Å². The summed E-state index contributed by atoms with van der Waals surface area (Å²) in [4.78, 5) is 24.2. The molecular formula is C26H24N4O4. The highest BCUT2D eigenvalue weighted by Gasteiger charge is 2.12. The van der Waals surface area contributed by atoms with E-state index in [2.05, 4.69) is 34.1 Å². The number of benzene rings is 3. The number of aromatic nitrogens is 3. The predicted molar refractivity (Wildman–Crippen MR) is 128 cm³/mol. The van der Waals surface area contributed by atoms with Crippen molar-refractivity contribution < 1.29 is 19.4 Å². The normalized spacial score (nSPS) is 10.7. The first-order chi connectivity index (χ1) is 16.4. The first-order valence-electron chi connectivity index (χ1n) is 10.8. The van der Waals surface area contributed by atoms with Gasteiger partial charge in [0, 0.05) is 5.69 Å². The second kappa shape index (κ2) is 10.4. The average molecular weight is 457 g/mol. The molecule has 0 aliphatic carbocycles. The zero-order valence-electron chi connectivity index (χ0n) is 18.8. The lowest BCUT2D eigenvalue weighted by atomic mass is 10.0. The lowest BCUT2D eigenvalue weighted by molar-refractivity contribution is 0.0697. The van der Waals surface area contributed by atoms with Crippen LogP contribution in [0.25, 0.3) is 0 Å². The second-order valence-corrected chi connectivity index (χ2v) is 7.99. The standard InChI is InChI=1S/C26H24N4O4/c1-17(2)15-18-11-13-22(14-12-18)34-26-29-24(27-20-8-6-7-19(16-20)23(31)32)28-25(30-26)33-21-9-4-3-5-10-21/h3-14,16-17H,15H2,1-2H3,(H,31,32)(H,27,28,29,30). The van der Waals surface area contributed by atoms with Crippen molar-refractivity contribution in [3.8, 4) is 23.5 Å². The molecule has 34 heavy (non-hydrogen) atoms. The number of rotatable bonds is 9. The van der Waals surface area contributed by atoms with Gasteiger partial charge in [-0.15, -0.1) is 4.98 Å². The van der Waals surface area contributed by atoms with Gasteiger partial charge in [0.15, 0.2) is 0 Å². The number of anilines is 2. The van der Waals surface area contributed by atoms with E-state index in [1.165, 1.54) is 17.7 Å². The number of aromatic carboxylic acids is 1. The molecule has 0 atom stereocenters. The molecule has 0 saturated heterocycles. The maximum absolute atomic E-state index is 11.3. The second-order valence-electron chi connectivity index (χ2n) is 7.99. The van der Waals surface area contributed by atoms with Crippen LogP contribution in [0.3, 0.4) is 0 Å². The molecule has 0 amide bonds. The Labute approximate surface area is 197 Å². The van der Waals surface area contributed by atoms with E-state index >= 15 is 0 Å². The van der Waals surface area contributed by atoms with Crippen LogP contribution in [0.2, 0.25) is 0 Å². The molecule has 172 valence electrons. The fraction of sp³-hybridized carbons (Fsp3) is 0.154. The fourth-order valence-electron chi connectivity index (χ4n) is 3.21. The summed E-state index contributed by atoms with van der Waals surface area (Å²) in [5.74, 6) is 0.799. The highest BCUT2D eigenvalue weighted by molar-refractivity contribution is 5.89. The Kier molecular flexibility index (Phi) is 6.98. The SMILES string of the molecule is CC(C)Cc1ccc(Oc2nc(Nc3cccc(C(=O)O)c3)nc(Oc3ccccc3)n2)cc1. The van der Waals surface area contributed by atoms with E-state index in [4.69, 9.17) is 9.47 Å². The number of para-hydroxylation sites is 1. The molecule has 0 unspecified atom stereocenters. The van der Waals surface area contributed by atoms with Gasteiger partial charge in [0.25, 0.3) is 0 Å². The Morgan fingerprint density at radius 2 is 1.50 bits per heavy atom. The molecule has 0 saturated carbocycles. The predicted octanol–water partition coefficient (Wildman–Crippen LogP) is 6.10. The van der Waals surface area contributed by atoms with Gasteiger partial charge in [-0.1, -0.05) is 50.2 Å². The summed E-state index contributed by atoms with van der Waals surface area (Å²) in [6.45, 7) is 4.34. The van der Waals surface area contributed by atoms with Gasteiger partial charge in [0.1, 0.15) is 11.5 Å². The Morgan fingerprint density at radius 1 is 0.853 bits per heavy atom. The van der Waals surface area contributed by atoms with Crippen LogP contribution in [0.15, 0.2) is 78.9 Å². The quantitative estimate of drug-likeness (QED) is 0.311. The van der Waals surface area contributed by atoms with E-state index < -0.39 is 5.97 Å². The first-order valence-corrected chi connectivity index (χ1v) is 10.8. The van der Waals surface area contributed by atoms with E-state index in [1.807, 2.05) is 42.5 Å². The van der Waals surface area contributed by atoms with Crippen LogP contribution < -0.4 is 14.8 Å². The molecule has 1 heterocycles. The van der Waals surface area contributed by atoms with Crippen LogP contribution in [-0.4, -0.2) is 26.0 Å². The van der Waals surface area contributed by atoms with Crippen molar-refractivity contribution in [2.45, 2.75) is 20.3 Å². The van der Waals surface area contributed by atoms with Crippen molar-refractivity contribution in [2.75, 3.05) is 5.32 Å². The smallest absolute Gasteiger partial charge is 0.335 e. The summed E-state index contributed by atoms with van der Waals surface area (Å²) < 4.78 is 11.7. The maximum atomic E-state index is 11.3. The van der Waals surface area contributed by atoms with E-state index in [-0.39, 0.29) is 23.5 Å². The van der Waals surface area contributed by atoms with Gasteiger partial charge in [0.05, 0.1) is 5.56 Å². The van der Waals surface area contributed by atoms with Crippen molar-refractivity contribution in [1.29, 1.82) is 0 Å². The van der Waals surface area contributed by atoms with E-state index in [1.54, 1.807) is 24.3 Å². The van der Waals surface area contributed by atoms with Crippen LogP contribution >= 0.6 is 0 Å². The molecule has 8 heteroatoms. The number of hydrogen-bond donors (Lipinski definition) is 2. The van der Waals surface area contributed by atoms with Crippen LogP contribution in [0, 0.1) is 5.92 Å². The van der Waals surface area contributed by atoms with Crippen molar-refractivity contribution >= 4 is 17.6 Å². The third-order valence-corrected chi connectivity index (χ3v) is 4.69. The average Bonchev–Trinajstić information content (AvgIpc) is 2.81. The highest BCUT2D eigenvalue weighted by Crippen LogP contribution is 2.26. The summed E-state index contributed by atoms with van der Waals surface area (Å²) >= 11 is 0. The first kappa shape index (κ1) is 22.7. The van der Waals surface area contributed by atoms with Gasteiger partial charge < -0.3 is 19.9 Å². The van der Waals surface area contributed by atoms with Crippen LogP contribution in [0.4, 0.5) is 11.6 Å². The molecule has 3 aromatic carbocycles. The highest BCUT2D eigenvalue weighted by atomic mass is 16.5. The summed E-state index contributed by atoms with van der Waals surface area (Å²) in [7, 11) is 0. The summed E-state index contributed by atoms with van der Waals surface area (Å²) in [5, 5.41) is 12.2. The summed E-state index contributed by atoms with van der Waals surface area (Å²) in [5.41, 5.74) is 1.85. The van der Waals surface area contributed by atoms with Gasteiger partial charge in [-0.05, 0) is 60.4 Å². The topological polar surface area (TPSA) is 106 Å². The largest absolute Gasteiger partial charge is 0.478 e. The number of carboxylic acids is 1. The number of ether oxygens (including phenoxy) is 2. The number of nitrogens with one attached hydrogen (secondary N) is 1. The molecule has 0 spiro atoms. The van der Waals surface area contributed by atoms with Crippen molar-refractivity contribution in [2.24, 2.45) is 5.92 Å². The summed E-state index contributed by atoms with van der Waals surface area (Å²) in [6.07, 6.45) is 0.977. The molecule has 4 aromatic rings. The fourth-order valence-corrected chi connectivity index (χ4v) is 3.21. The molecule has 4 rings (SSSR count). The third kappa shape index (κ3) is 6.29. The van der Waals surface area contributed by atoms with Gasteiger partial charge in [0.2, 0.25) is 5.95 Å². The van der Waals surface area contributed by atoms with Gasteiger partial charge in [-0.3, -0.25) is 0 Å². The van der Waals surface area contributed by atoms with Gasteiger partial charge in [-0.25, -0.2) is 4.79 Å². The zero-order valence-corrected chi connectivity index (χ0v) is 18.8. The Balaban J connectivity index is 1.61. The van der Waals surface area contributed by atoms with Gasteiger partial charge >= 0.3 is 18.0 Å². The number of carboxylic acid groups (broad SMARTS) is 1. The van der Waals surface area contributed by atoms with Crippen molar-refractivity contribution in [3.63, 3.8) is 0 Å². The van der Waals surface area contributed by atoms with Gasteiger partial charge in [-0.2, -0.15) is 9.97 Å². The molecule has 2 N–H and O–H groups in total. The molecule has 1 aromatic heterocycles. The van der Waals surface area contributed by atoms with E-state index in [9.17, 15) is 9.90 Å². The molecule has 8 nitrogen and oxygen atoms in total. The summed E-state index contributed by atoms with van der Waals surface area (Å²) in [6, 6.07) is 23.2. The zero-order chi connectivity index (χ0) is 23.9. The minimum Gasteiger partial charge on any atom is -0.478 e. The number of hydrogen-bond acceptors (Lipinski definition) is 7. The monoisotopic (exact) mass is 456 g/mol. The van der Waals surface area contributed by atoms with Crippen LogP contribution in [0.1, 0.15) is 29.8 Å². The molecule has 0 aliphatic rings. The molecule has 0 fully saturated rings. The number of carbonyl (C=O) groups is 1. The minimum absolute atomic E-state index is 0.0320.